The lowest BCUT2D eigenvalue weighted by atomic mass is 10.1. The van der Waals surface area contributed by atoms with Crippen molar-refractivity contribution in [2.75, 3.05) is 12.4 Å². The normalized spacial score (nSPS) is 10.8. The quantitative estimate of drug-likeness (QED) is 0.574. The fourth-order valence-corrected chi connectivity index (χ4v) is 2.90. The Bertz CT molecular complexity index is 1140. The van der Waals surface area contributed by atoms with E-state index in [1.165, 1.54) is 12.1 Å². The number of amides is 1. The van der Waals surface area contributed by atoms with Crippen LogP contribution >= 0.6 is 0 Å². The molecule has 0 unspecified atom stereocenters. The van der Waals surface area contributed by atoms with Gasteiger partial charge in [0, 0.05) is 11.3 Å². The molecule has 1 heterocycles. The molecule has 1 N–H and O–H groups in total. The summed E-state index contributed by atoms with van der Waals surface area (Å²) in [6.45, 7) is 0.551. The number of methoxy groups -OCH3 is 1. The van der Waals surface area contributed by atoms with E-state index in [-0.39, 0.29) is 5.91 Å². The number of anilines is 1. The van der Waals surface area contributed by atoms with Crippen LogP contribution in [0.2, 0.25) is 0 Å². The zero-order valence-electron chi connectivity index (χ0n) is 15.1. The van der Waals surface area contributed by atoms with Gasteiger partial charge in [0.1, 0.15) is 17.1 Å². The highest BCUT2D eigenvalue weighted by Gasteiger charge is 2.11. The molecule has 0 aliphatic heterocycles. The lowest BCUT2D eigenvalue weighted by molar-refractivity contribution is 0.102. The fraction of sp³-hybridized carbons (Fsp3) is 0.0952. The number of nitrogens with one attached hydrogen (secondary N) is 1. The first-order valence-electron chi connectivity index (χ1n) is 8.65. The molecule has 0 saturated carbocycles. The first-order chi connectivity index (χ1) is 13.6. The minimum absolute atomic E-state index is 0.336. The van der Waals surface area contributed by atoms with Gasteiger partial charge in [0.25, 0.3) is 5.91 Å². The van der Waals surface area contributed by atoms with Crippen LogP contribution in [0.3, 0.4) is 0 Å². The number of aromatic nitrogens is 3. The lowest BCUT2D eigenvalue weighted by Crippen LogP contribution is -2.12. The molecular weight excluding hydrogens is 359 g/mol. The van der Waals surface area contributed by atoms with Crippen molar-refractivity contribution in [3.8, 4) is 5.75 Å². The first-order valence-corrected chi connectivity index (χ1v) is 8.65. The van der Waals surface area contributed by atoms with Crippen molar-refractivity contribution in [2.45, 2.75) is 6.54 Å². The van der Waals surface area contributed by atoms with Gasteiger partial charge < -0.3 is 10.1 Å². The van der Waals surface area contributed by atoms with Crippen LogP contribution < -0.4 is 10.1 Å². The zero-order chi connectivity index (χ0) is 19.5. The van der Waals surface area contributed by atoms with E-state index >= 15 is 0 Å². The van der Waals surface area contributed by atoms with Crippen LogP contribution in [-0.2, 0) is 6.54 Å². The number of fused-ring (bicyclic) bond motifs is 1. The third-order valence-electron chi connectivity index (χ3n) is 4.35. The number of hydrogen-bond donors (Lipinski definition) is 1. The molecule has 0 aliphatic rings. The van der Waals surface area contributed by atoms with Crippen LogP contribution in [-0.4, -0.2) is 28.0 Å². The Balaban J connectivity index is 1.54. The van der Waals surface area contributed by atoms with E-state index in [1.807, 2.05) is 24.3 Å². The largest absolute Gasteiger partial charge is 0.497 e. The van der Waals surface area contributed by atoms with Gasteiger partial charge in [-0.1, -0.05) is 23.4 Å². The van der Waals surface area contributed by atoms with Crippen LogP contribution in [0, 0.1) is 5.82 Å². The predicted octanol–water partition coefficient (Wildman–Crippen LogP) is 3.88. The minimum atomic E-state index is -0.408. The van der Waals surface area contributed by atoms with E-state index in [0.717, 1.165) is 16.8 Å². The molecule has 0 saturated heterocycles. The predicted molar refractivity (Wildman–Crippen MR) is 104 cm³/mol. The number of nitrogens with zero attached hydrogens (tertiary/aromatic N) is 3. The topological polar surface area (TPSA) is 69.0 Å². The summed E-state index contributed by atoms with van der Waals surface area (Å²) < 4.78 is 20.2. The van der Waals surface area contributed by atoms with Gasteiger partial charge >= 0.3 is 0 Å². The van der Waals surface area contributed by atoms with E-state index in [2.05, 4.69) is 15.6 Å². The van der Waals surface area contributed by atoms with Crippen molar-refractivity contribution in [1.29, 1.82) is 0 Å². The Kier molecular flexibility index (Phi) is 4.72. The average molecular weight is 376 g/mol. The molecule has 0 spiro atoms. The molecule has 0 atom stereocenters. The van der Waals surface area contributed by atoms with Gasteiger partial charge in [-0.3, -0.25) is 4.79 Å². The Morgan fingerprint density at radius 1 is 1.11 bits per heavy atom. The van der Waals surface area contributed by atoms with Crippen molar-refractivity contribution in [1.82, 2.24) is 15.0 Å². The van der Waals surface area contributed by atoms with Crippen molar-refractivity contribution in [3.05, 3.63) is 83.7 Å². The maximum absolute atomic E-state index is 13.3. The number of benzene rings is 3. The minimum Gasteiger partial charge on any atom is -0.497 e. The molecule has 0 bridgehead atoms. The van der Waals surface area contributed by atoms with Crippen LogP contribution in [0.5, 0.6) is 5.75 Å². The van der Waals surface area contributed by atoms with Crippen LogP contribution in [0.25, 0.3) is 11.0 Å². The third-order valence-corrected chi connectivity index (χ3v) is 4.35. The Morgan fingerprint density at radius 3 is 2.68 bits per heavy atom. The number of ether oxygens (including phenoxy) is 1. The molecule has 3 aromatic carbocycles. The summed E-state index contributed by atoms with van der Waals surface area (Å²) in [7, 11) is 1.63. The highest BCUT2D eigenvalue weighted by Crippen LogP contribution is 2.18. The van der Waals surface area contributed by atoms with Crippen molar-refractivity contribution in [3.63, 3.8) is 0 Å². The molecule has 0 fully saturated rings. The molecule has 0 radical (unpaired) electrons. The molecule has 0 aliphatic carbocycles. The molecular formula is C21H17FN4O2. The number of carbonyl (C=O) groups excluding carboxylic acids is 1. The molecule has 28 heavy (non-hydrogen) atoms. The zero-order valence-corrected chi connectivity index (χ0v) is 15.1. The first kappa shape index (κ1) is 17.7. The highest BCUT2D eigenvalue weighted by atomic mass is 19.1. The van der Waals surface area contributed by atoms with Gasteiger partial charge in [0.2, 0.25) is 0 Å². The summed E-state index contributed by atoms with van der Waals surface area (Å²) in [6.07, 6.45) is 0. The molecule has 7 heteroatoms. The van der Waals surface area contributed by atoms with Crippen LogP contribution in [0.4, 0.5) is 10.1 Å². The summed E-state index contributed by atoms with van der Waals surface area (Å²) in [5, 5.41) is 11.0. The number of carbonyl (C=O) groups is 1. The Morgan fingerprint density at radius 2 is 1.93 bits per heavy atom. The smallest absolute Gasteiger partial charge is 0.255 e. The van der Waals surface area contributed by atoms with Gasteiger partial charge in [-0.15, -0.1) is 5.10 Å². The molecule has 140 valence electrons. The molecule has 1 amide bonds. The van der Waals surface area contributed by atoms with E-state index < -0.39 is 5.82 Å². The van der Waals surface area contributed by atoms with Crippen LogP contribution in [0.1, 0.15) is 15.9 Å². The average Bonchev–Trinajstić information content (AvgIpc) is 3.10. The van der Waals surface area contributed by atoms with E-state index in [0.29, 0.717) is 23.3 Å². The van der Waals surface area contributed by atoms with E-state index in [1.54, 1.807) is 42.1 Å². The number of halogens is 1. The van der Waals surface area contributed by atoms with Gasteiger partial charge in [-0.25, -0.2) is 9.07 Å². The molecule has 4 aromatic rings. The maximum Gasteiger partial charge on any atom is 0.255 e. The van der Waals surface area contributed by atoms with E-state index in [4.69, 9.17) is 4.74 Å². The number of rotatable bonds is 5. The third kappa shape index (κ3) is 3.68. The summed E-state index contributed by atoms with van der Waals surface area (Å²) in [6, 6.07) is 18.6. The molecule has 6 nitrogen and oxygen atoms in total. The maximum atomic E-state index is 13.3. The van der Waals surface area contributed by atoms with Gasteiger partial charge in [-0.2, -0.15) is 0 Å². The van der Waals surface area contributed by atoms with Crippen LogP contribution in [0.15, 0.2) is 66.7 Å². The SMILES string of the molecule is COc1ccc(Cn2nnc3cc(C(=O)Nc4cccc(F)c4)ccc32)cc1. The fourth-order valence-electron chi connectivity index (χ4n) is 2.90. The second-order valence-corrected chi connectivity index (χ2v) is 6.26. The second kappa shape index (κ2) is 7.48. The monoisotopic (exact) mass is 376 g/mol. The van der Waals surface area contributed by atoms with Crippen molar-refractivity contribution < 1.29 is 13.9 Å². The summed E-state index contributed by atoms with van der Waals surface area (Å²) in [5.41, 5.74) is 3.31. The van der Waals surface area contributed by atoms with E-state index in [9.17, 15) is 9.18 Å². The summed E-state index contributed by atoms with van der Waals surface area (Å²) >= 11 is 0. The van der Waals surface area contributed by atoms with Gasteiger partial charge in [0.05, 0.1) is 19.2 Å². The summed E-state index contributed by atoms with van der Waals surface area (Å²) in [5.74, 6) is 0.0491. The van der Waals surface area contributed by atoms with Crippen molar-refractivity contribution >= 4 is 22.6 Å². The number of hydrogen-bond acceptors (Lipinski definition) is 4. The highest BCUT2D eigenvalue weighted by molar-refractivity contribution is 6.05. The lowest BCUT2D eigenvalue weighted by Gasteiger charge is -2.06. The summed E-state index contributed by atoms with van der Waals surface area (Å²) in [4.78, 5) is 12.4. The van der Waals surface area contributed by atoms with Gasteiger partial charge in [0.15, 0.2) is 0 Å². The van der Waals surface area contributed by atoms with Crippen molar-refractivity contribution in [2.24, 2.45) is 0 Å². The standard InChI is InChI=1S/C21H17FN4O2/c1-28-18-8-5-14(6-9-18)13-26-20-10-7-15(11-19(20)24-25-26)21(27)23-17-4-2-3-16(22)12-17/h2-12H,13H2,1H3,(H,23,27). The molecule has 4 rings (SSSR count). The Labute approximate surface area is 160 Å². The second-order valence-electron chi connectivity index (χ2n) is 6.26. The Hall–Kier alpha value is -3.74. The molecule has 1 aromatic heterocycles. The van der Waals surface area contributed by atoms with Gasteiger partial charge in [-0.05, 0) is 54.1 Å².